The van der Waals surface area contributed by atoms with Crippen LogP contribution in [-0.2, 0) is 6.42 Å². The van der Waals surface area contributed by atoms with Crippen LogP contribution >= 0.6 is 0 Å². The molecule has 0 bridgehead atoms. The van der Waals surface area contributed by atoms with Crippen LogP contribution in [0.5, 0.6) is 0 Å². The Hall–Kier alpha value is -4.20. The molecule has 8 aromatic carbocycles. The van der Waals surface area contributed by atoms with Gasteiger partial charge < -0.3 is 5.11 Å². The molecule has 1 nitrogen and oxygen atoms in total. The summed E-state index contributed by atoms with van der Waals surface area (Å²) in [6.45, 7) is 0. The summed E-state index contributed by atoms with van der Waals surface area (Å²) in [5, 5.41) is 26.8. The minimum Gasteiger partial charge on any atom is -0.388 e. The van der Waals surface area contributed by atoms with E-state index in [4.69, 9.17) is 0 Å². The Labute approximate surface area is 208 Å². The van der Waals surface area contributed by atoms with Crippen molar-refractivity contribution in [3.63, 3.8) is 0 Å². The summed E-state index contributed by atoms with van der Waals surface area (Å²) in [7, 11) is 0. The van der Waals surface area contributed by atoms with Gasteiger partial charge in [0.25, 0.3) is 0 Å². The van der Waals surface area contributed by atoms with E-state index in [1.807, 2.05) is 0 Å². The van der Waals surface area contributed by atoms with E-state index in [1.54, 1.807) is 0 Å². The summed E-state index contributed by atoms with van der Waals surface area (Å²) in [6, 6.07) is 39.5. The van der Waals surface area contributed by atoms with E-state index >= 15 is 0 Å². The highest BCUT2D eigenvalue weighted by Crippen LogP contribution is 2.39. The molecule has 0 aliphatic rings. The highest BCUT2D eigenvalue weighted by atomic mass is 16.3. The average Bonchev–Trinajstić information content (AvgIpc) is 2.93. The lowest BCUT2D eigenvalue weighted by Crippen LogP contribution is -2.02. The van der Waals surface area contributed by atoms with Gasteiger partial charge in [-0.2, -0.15) is 0 Å². The molecule has 1 atom stereocenters. The van der Waals surface area contributed by atoms with E-state index in [0.29, 0.717) is 6.42 Å². The third-order valence-corrected chi connectivity index (χ3v) is 8.23. The van der Waals surface area contributed by atoms with Crippen LogP contribution in [0, 0.1) is 0 Å². The van der Waals surface area contributed by atoms with Crippen molar-refractivity contribution in [3.8, 4) is 0 Å². The standard InChI is InChI=1S/C35H24O/c36-31(29-18-14-27-12-10-23-4-2-6-25-15-19-30(29)35(27)33(23)25)20-16-21-7-8-26-11-9-22-3-1-5-24-13-17-28(21)34(26)32(22)24/h1-15,17-19,31,36H,16,20H2/t31-/m1/s1. The van der Waals surface area contributed by atoms with Gasteiger partial charge in [-0.1, -0.05) is 109 Å². The van der Waals surface area contributed by atoms with Gasteiger partial charge in [-0.3, -0.25) is 0 Å². The van der Waals surface area contributed by atoms with Crippen molar-refractivity contribution in [2.24, 2.45) is 0 Å². The van der Waals surface area contributed by atoms with Gasteiger partial charge in [0, 0.05) is 0 Å². The Morgan fingerprint density at radius 3 is 1.50 bits per heavy atom. The molecule has 0 fully saturated rings. The quantitative estimate of drug-likeness (QED) is 0.260. The van der Waals surface area contributed by atoms with Gasteiger partial charge in [0.05, 0.1) is 6.10 Å². The van der Waals surface area contributed by atoms with Crippen LogP contribution in [0.1, 0.15) is 23.7 Å². The molecule has 8 rings (SSSR count). The molecular formula is C35H24O. The van der Waals surface area contributed by atoms with Gasteiger partial charge in [0.1, 0.15) is 0 Å². The maximum absolute atomic E-state index is 11.5. The summed E-state index contributed by atoms with van der Waals surface area (Å²) < 4.78 is 0. The third kappa shape index (κ3) is 2.75. The van der Waals surface area contributed by atoms with Crippen LogP contribution in [0.2, 0.25) is 0 Å². The molecule has 170 valence electrons. The van der Waals surface area contributed by atoms with Crippen molar-refractivity contribution in [1.82, 2.24) is 0 Å². The zero-order valence-electron chi connectivity index (χ0n) is 19.8. The number of aliphatic hydroxyl groups is 1. The Morgan fingerprint density at radius 2 is 0.889 bits per heavy atom. The average molecular weight is 461 g/mol. The molecule has 1 heteroatoms. The van der Waals surface area contributed by atoms with Crippen LogP contribution in [0.3, 0.4) is 0 Å². The van der Waals surface area contributed by atoms with Gasteiger partial charge in [0.15, 0.2) is 0 Å². The number of rotatable bonds is 4. The second-order valence-corrected chi connectivity index (χ2v) is 10.1. The largest absolute Gasteiger partial charge is 0.388 e. The Bertz CT molecular complexity index is 2030. The highest BCUT2D eigenvalue weighted by molar-refractivity contribution is 6.24. The normalized spacial score (nSPS) is 13.2. The van der Waals surface area contributed by atoms with E-state index in [0.717, 1.165) is 12.0 Å². The van der Waals surface area contributed by atoms with E-state index in [2.05, 4.69) is 109 Å². The molecular weight excluding hydrogens is 436 g/mol. The first-order valence-electron chi connectivity index (χ1n) is 12.8. The van der Waals surface area contributed by atoms with Gasteiger partial charge in [0.2, 0.25) is 0 Å². The maximum atomic E-state index is 11.5. The molecule has 0 radical (unpaired) electrons. The van der Waals surface area contributed by atoms with Crippen LogP contribution in [-0.4, -0.2) is 5.11 Å². The minimum atomic E-state index is -0.520. The third-order valence-electron chi connectivity index (χ3n) is 8.23. The zero-order valence-corrected chi connectivity index (χ0v) is 19.8. The van der Waals surface area contributed by atoms with Crippen LogP contribution < -0.4 is 0 Å². The Morgan fingerprint density at radius 1 is 0.444 bits per heavy atom. The molecule has 0 aliphatic heterocycles. The number of benzene rings is 8. The fourth-order valence-electron chi connectivity index (χ4n) is 6.51. The number of aliphatic hydroxyl groups excluding tert-OH is 1. The van der Waals surface area contributed by atoms with E-state index in [1.165, 1.54) is 70.2 Å². The molecule has 0 saturated heterocycles. The second-order valence-electron chi connectivity index (χ2n) is 10.1. The van der Waals surface area contributed by atoms with Crippen molar-refractivity contribution < 1.29 is 5.11 Å². The number of hydrogen-bond acceptors (Lipinski definition) is 1. The minimum absolute atomic E-state index is 0.520. The molecule has 0 saturated carbocycles. The fraction of sp³-hybridized carbons (Fsp3) is 0.0857. The second kappa shape index (κ2) is 7.40. The summed E-state index contributed by atoms with van der Waals surface area (Å²) in [5.74, 6) is 0. The lowest BCUT2D eigenvalue weighted by atomic mass is 9.88. The summed E-state index contributed by atoms with van der Waals surface area (Å²) in [4.78, 5) is 0. The van der Waals surface area contributed by atoms with E-state index in [9.17, 15) is 5.11 Å². The highest BCUT2D eigenvalue weighted by Gasteiger charge is 2.17. The van der Waals surface area contributed by atoms with Gasteiger partial charge in [-0.15, -0.1) is 0 Å². The van der Waals surface area contributed by atoms with Crippen LogP contribution in [0.25, 0.3) is 64.6 Å². The van der Waals surface area contributed by atoms with Crippen LogP contribution in [0.4, 0.5) is 0 Å². The Balaban J connectivity index is 1.21. The molecule has 8 aromatic rings. The predicted molar refractivity (Wildman–Crippen MR) is 154 cm³/mol. The van der Waals surface area contributed by atoms with E-state index < -0.39 is 6.10 Å². The molecule has 1 N–H and O–H groups in total. The van der Waals surface area contributed by atoms with Crippen molar-refractivity contribution >= 4 is 64.6 Å². The first-order valence-corrected chi connectivity index (χ1v) is 12.8. The fourth-order valence-corrected chi connectivity index (χ4v) is 6.51. The molecule has 0 aromatic heterocycles. The van der Waals surface area contributed by atoms with Gasteiger partial charge in [-0.25, -0.2) is 0 Å². The molecule has 36 heavy (non-hydrogen) atoms. The van der Waals surface area contributed by atoms with Crippen molar-refractivity contribution in [2.75, 3.05) is 0 Å². The summed E-state index contributed by atoms with van der Waals surface area (Å²) in [6.07, 6.45) is 0.999. The first kappa shape index (κ1) is 20.0. The van der Waals surface area contributed by atoms with E-state index in [-0.39, 0.29) is 0 Å². The smallest absolute Gasteiger partial charge is 0.0799 e. The lowest BCUT2D eigenvalue weighted by molar-refractivity contribution is 0.169. The van der Waals surface area contributed by atoms with Crippen molar-refractivity contribution in [2.45, 2.75) is 18.9 Å². The van der Waals surface area contributed by atoms with Gasteiger partial charge >= 0.3 is 0 Å². The molecule has 0 aliphatic carbocycles. The first-order chi connectivity index (χ1) is 17.8. The summed E-state index contributed by atoms with van der Waals surface area (Å²) >= 11 is 0. The predicted octanol–water partition coefficient (Wildman–Crippen LogP) is 9.15. The van der Waals surface area contributed by atoms with Crippen molar-refractivity contribution in [1.29, 1.82) is 0 Å². The lowest BCUT2D eigenvalue weighted by Gasteiger charge is -2.18. The SMILES string of the molecule is O[C@H](CCc1ccc2ccc3cccc4ccc1c2c34)c1ccc2ccc3cccc4ccc1c2c34. The van der Waals surface area contributed by atoms with Crippen LogP contribution in [0.15, 0.2) is 109 Å². The topological polar surface area (TPSA) is 20.2 Å². The molecule has 0 spiro atoms. The number of aryl methyl sites for hydroxylation is 1. The maximum Gasteiger partial charge on any atom is 0.0799 e. The Kier molecular flexibility index (Phi) is 4.12. The molecule has 0 unspecified atom stereocenters. The number of hydrogen-bond donors (Lipinski definition) is 1. The molecule has 0 amide bonds. The van der Waals surface area contributed by atoms with Gasteiger partial charge in [-0.05, 0) is 88.6 Å². The zero-order chi connectivity index (χ0) is 23.8. The monoisotopic (exact) mass is 460 g/mol. The van der Waals surface area contributed by atoms with Crippen molar-refractivity contribution in [3.05, 3.63) is 120 Å². The molecule has 0 heterocycles. The summed E-state index contributed by atoms with van der Waals surface area (Å²) in [5.41, 5.74) is 2.33.